The summed E-state index contributed by atoms with van der Waals surface area (Å²) in [6, 6.07) is -0.0768. The first-order chi connectivity index (χ1) is 11.0. The number of aryl methyl sites for hydroxylation is 3. The number of amides is 1. The lowest BCUT2D eigenvalue weighted by Crippen LogP contribution is -2.36. The van der Waals surface area contributed by atoms with Crippen LogP contribution in [0.2, 0.25) is 0 Å². The van der Waals surface area contributed by atoms with Crippen LogP contribution in [0.3, 0.4) is 0 Å². The second-order valence-corrected chi connectivity index (χ2v) is 6.27. The van der Waals surface area contributed by atoms with E-state index in [4.69, 9.17) is 9.05 Å². The van der Waals surface area contributed by atoms with E-state index >= 15 is 0 Å². The molecule has 7 heteroatoms. The molecule has 0 spiro atoms. The Labute approximate surface area is 135 Å². The van der Waals surface area contributed by atoms with Crippen LogP contribution in [0.4, 0.5) is 0 Å². The molecule has 124 valence electrons. The van der Waals surface area contributed by atoms with Crippen LogP contribution in [-0.4, -0.2) is 32.6 Å². The van der Waals surface area contributed by atoms with Crippen LogP contribution in [0, 0.1) is 26.7 Å². The molecule has 1 aliphatic rings. The molecule has 2 aromatic heterocycles. The van der Waals surface area contributed by atoms with Gasteiger partial charge in [0.2, 0.25) is 11.8 Å². The molecule has 1 amide bonds. The molecule has 0 bridgehead atoms. The lowest BCUT2D eigenvalue weighted by atomic mass is 9.98. The Morgan fingerprint density at radius 2 is 2.09 bits per heavy atom. The molecule has 0 radical (unpaired) electrons. The maximum absolute atomic E-state index is 12.9. The van der Waals surface area contributed by atoms with E-state index in [0.717, 1.165) is 36.4 Å². The Balaban J connectivity index is 1.73. The fraction of sp³-hybridized carbons (Fsp3) is 0.625. The summed E-state index contributed by atoms with van der Waals surface area (Å²) in [5.74, 6) is 1.91. The van der Waals surface area contributed by atoms with Gasteiger partial charge in [0.25, 0.3) is 0 Å². The maximum atomic E-state index is 12.9. The molecule has 1 saturated heterocycles. The van der Waals surface area contributed by atoms with Crippen LogP contribution in [0.5, 0.6) is 0 Å². The van der Waals surface area contributed by atoms with E-state index in [9.17, 15) is 4.79 Å². The van der Waals surface area contributed by atoms with E-state index in [0.29, 0.717) is 18.1 Å². The third-order valence-electron chi connectivity index (χ3n) is 4.49. The molecule has 3 heterocycles. The molecule has 0 aromatic carbocycles. The molecule has 1 aliphatic heterocycles. The first-order valence-electron chi connectivity index (χ1n) is 7.99. The van der Waals surface area contributed by atoms with E-state index in [1.54, 1.807) is 6.92 Å². The van der Waals surface area contributed by atoms with Crippen molar-refractivity contribution in [1.82, 2.24) is 20.2 Å². The number of aromatic nitrogens is 3. The van der Waals surface area contributed by atoms with Gasteiger partial charge >= 0.3 is 0 Å². The second kappa shape index (κ2) is 6.14. The zero-order valence-electron chi connectivity index (χ0n) is 14.0. The van der Waals surface area contributed by atoms with E-state index in [2.05, 4.69) is 15.3 Å². The lowest BCUT2D eigenvalue weighted by molar-refractivity contribution is -0.136. The number of carbonyl (C=O) groups is 1. The fourth-order valence-corrected chi connectivity index (χ4v) is 3.22. The number of likely N-dealkylation sites (tertiary alicyclic amines) is 1. The minimum Gasteiger partial charge on any atom is -0.361 e. The van der Waals surface area contributed by atoms with Crippen molar-refractivity contribution in [1.29, 1.82) is 0 Å². The largest absolute Gasteiger partial charge is 0.361 e. The molecule has 23 heavy (non-hydrogen) atoms. The van der Waals surface area contributed by atoms with Gasteiger partial charge in [0.05, 0.1) is 11.7 Å². The van der Waals surface area contributed by atoms with Crippen molar-refractivity contribution in [2.24, 2.45) is 5.92 Å². The first-order valence-corrected chi connectivity index (χ1v) is 7.99. The third kappa shape index (κ3) is 3.00. The van der Waals surface area contributed by atoms with Crippen LogP contribution < -0.4 is 0 Å². The molecule has 2 unspecified atom stereocenters. The Kier molecular flexibility index (Phi) is 4.19. The SMILES string of the molecule is Cc1nc(C2CCCN2C(=O)C(C)Cc2c(C)noc2C)no1. The van der Waals surface area contributed by atoms with Gasteiger partial charge in [0, 0.05) is 24.9 Å². The molecular weight excluding hydrogens is 296 g/mol. The Bertz CT molecular complexity index is 686. The number of hydrogen-bond donors (Lipinski definition) is 0. The normalized spacial score (nSPS) is 19.3. The van der Waals surface area contributed by atoms with Crippen molar-refractivity contribution >= 4 is 5.91 Å². The van der Waals surface area contributed by atoms with E-state index < -0.39 is 0 Å². The number of carbonyl (C=O) groups excluding carboxylic acids is 1. The van der Waals surface area contributed by atoms with Gasteiger partial charge in [-0.15, -0.1) is 0 Å². The predicted molar refractivity (Wildman–Crippen MR) is 81.6 cm³/mol. The van der Waals surface area contributed by atoms with Gasteiger partial charge in [-0.05, 0) is 33.1 Å². The maximum Gasteiger partial charge on any atom is 0.226 e. The summed E-state index contributed by atoms with van der Waals surface area (Å²) in [7, 11) is 0. The van der Waals surface area contributed by atoms with E-state index in [-0.39, 0.29) is 17.9 Å². The molecule has 1 fully saturated rings. The molecule has 0 aliphatic carbocycles. The van der Waals surface area contributed by atoms with Gasteiger partial charge < -0.3 is 13.9 Å². The standard InChI is InChI=1S/C16H22N4O3/c1-9(8-13-10(2)18-22-11(13)3)16(21)20-7-5-6-14(20)15-17-12(4)23-19-15/h9,14H,5-8H2,1-4H3. The quantitative estimate of drug-likeness (QED) is 0.861. The lowest BCUT2D eigenvalue weighted by Gasteiger charge is -2.25. The molecule has 0 N–H and O–H groups in total. The van der Waals surface area contributed by atoms with E-state index in [1.807, 2.05) is 25.7 Å². The minimum atomic E-state index is -0.139. The fourth-order valence-electron chi connectivity index (χ4n) is 3.22. The Morgan fingerprint density at radius 1 is 1.30 bits per heavy atom. The van der Waals surface area contributed by atoms with Gasteiger partial charge in [-0.25, -0.2) is 0 Å². The highest BCUT2D eigenvalue weighted by Crippen LogP contribution is 2.32. The summed E-state index contributed by atoms with van der Waals surface area (Å²) in [5, 5.41) is 7.95. The van der Waals surface area contributed by atoms with Gasteiger partial charge in [-0.1, -0.05) is 17.2 Å². The summed E-state index contributed by atoms with van der Waals surface area (Å²) >= 11 is 0. The minimum absolute atomic E-state index is 0.0768. The molecule has 0 saturated carbocycles. The topological polar surface area (TPSA) is 85.3 Å². The zero-order chi connectivity index (χ0) is 16.6. The molecule has 3 rings (SSSR count). The summed E-state index contributed by atoms with van der Waals surface area (Å²) in [6.45, 7) is 8.24. The van der Waals surface area contributed by atoms with Crippen molar-refractivity contribution in [3.63, 3.8) is 0 Å². The van der Waals surface area contributed by atoms with Crippen molar-refractivity contribution in [3.8, 4) is 0 Å². The van der Waals surface area contributed by atoms with Crippen LogP contribution in [-0.2, 0) is 11.2 Å². The summed E-state index contributed by atoms with van der Waals surface area (Å²) < 4.78 is 10.2. The molecule has 7 nitrogen and oxygen atoms in total. The highest BCUT2D eigenvalue weighted by atomic mass is 16.5. The Morgan fingerprint density at radius 3 is 2.70 bits per heavy atom. The summed E-state index contributed by atoms with van der Waals surface area (Å²) in [6.07, 6.45) is 2.47. The zero-order valence-corrected chi connectivity index (χ0v) is 14.0. The molecule has 2 atom stereocenters. The number of hydrogen-bond acceptors (Lipinski definition) is 6. The highest BCUT2D eigenvalue weighted by Gasteiger charge is 2.35. The molecule has 2 aromatic rings. The first kappa shape index (κ1) is 15.7. The van der Waals surface area contributed by atoms with Crippen molar-refractivity contribution in [2.45, 2.75) is 53.0 Å². The van der Waals surface area contributed by atoms with Gasteiger partial charge in [-0.3, -0.25) is 4.79 Å². The smallest absolute Gasteiger partial charge is 0.226 e. The van der Waals surface area contributed by atoms with E-state index in [1.165, 1.54) is 0 Å². The third-order valence-corrected chi connectivity index (χ3v) is 4.49. The number of nitrogens with zero attached hydrogens (tertiary/aromatic N) is 4. The Hall–Kier alpha value is -2.18. The van der Waals surface area contributed by atoms with Gasteiger partial charge in [-0.2, -0.15) is 4.98 Å². The van der Waals surface area contributed by atoms with Crippen molar-refractivity contribution in [3.05, 3.63) is 28.7 Å². The number of rotatable bonds is 4. The molecular formula is C16H22N4O3. The van der Waals surface area contributed by atoms with Gasteiger partial charge in [0.1, 0.15) is 5.76 Å². The van der Waals surface area contributed by atoms with Crippen LogP contribution in [0.1, 0.15) is 54.5 Å². The summed E-state index contributed by atoms with van der Waals surface area (Å²) in [5.41, 5.74) is 1.88. The van der Waals surface area contributed by atoms with Crippen molar-refractivity contribution in [2.75, 3.05) is 6.54 Å². The van der Waals surface area contributed by atoms with Crippen molar-refractivity contribution < 1.29 is 13.8 Å². The monoisotopic (exact) mass is 318 g/mol. The summed E-state index contributed by atoms with van der Waals surface area (Å²) in [4.78, 5) is 19.0. The van der Waals surface area contributed by atoms with Gasteiger partial charge in [0.15, 0.2) is 5.82 Å². The van der Waals surface area contributed by atoms with Crippen LogP contribution >= 0.6 is 0 Å². The van der Waals surface area contributed by atoms with Crippen LogP contribution in [0.15, 0.2) is 9.05 Å². The average molecular weight is 318 g/mol. The average Bonchev–Trinajstić information content (AvgIpc) is 3.22. The predicted octanol–water partition coefficient (Wildman–Crippen LogP) is 2.53. The van der Waals surface area contributed by atoms with Crippen LogP contribution in [0.25, 0.3) is 0 Å². The second-order valence-electron chi connectivity index (χ2n) is 6.27. The highest BCUT2D eigenvalue weighted by molar-refractivity contribution is 5.79.